The predicted octanol–water partition coefficient (Wildman–Crippen LogP) is 8.84. The molecule has 6 aromatic carbocycles. The molecule has 0 saturated carbocycles. The second kappa shape index (κ2) is 45.4. The van der Waals surface area contributed by atoms with Gasteiger partial charge in [0.25, 0.3) is 5.56 Å². The Balaban J connectivity index is 1.30. The maximum absolute atomic E-state index is 17.2. The number of aromatic amines is 1. The van der Waals surface area contributed by atoms with Crippen LogP contribution in [0, 0.1) is 0 Å². The second-order valence-electron chi connectivity index (χ2n) is 26.3. The third-order valence-corrected chi connectivity index (χ3v) is 24.8. The van der Waals surface area contributed by atoms with E-state index in [0.717, 1.165) is 0 Å². The number of imidazole rings is 1. The zero-order chi connectivity index (χ0) is 79.4. The summed E-state index contributed by atoms with van der Waals surface area (Å²) < 4.78 is 86.4. The van der Waals surface area contributed by atoms with Crippen molar-refractivity contribution >= 4 is 69.3 Å². The summed E-state index contributed by atoms with van der Waals surface area (Å²) >= 11 is 0. The fourth-order valence-corrected chi connectivity index (χ4v) is 19.7. The van der Waals surface area contributed by atoms with Crippen LogP contribution in [0.25, 0.3) is 11.2 Å². The monoisotopic (exact) mass is 1580 g/mol. The standard InChI is InChI=1S/C80H105N12O16P3/c1-7-103-75(94)66(51-60-31-19-13-20-32-60)84-109(100,85-67(76(95)104-8-2)52-61-33-21-14-22-34-61)49-47-90(45-46-92-58-83-72-73(92)81-57-82-74(72)93)43-44-91(59-111(102,88-70(79(98)107-11-5)55-64-39-27-17-28-40-64)89-71(80(99)108-12-6)56-65-41-29-18-30-42-65)48-50-110(101,86-68(77(96)105-9-3)53-62-35-23-15-24-36-62)87-69(78(97)106-10-4)54-63-37-25-16-26-38-63/h13-42,57-58,66-71H,7-12,43-56,59H2,1-6H3,(H,81,82,93)(H2,84,85,100)(H2,86,87,101)(H2,88,89,102)/t66-,67-,68-,69-,70-,71-/m1/s1. The van der Waals surface area contributed by atoms with E-state index in [1.807, 2.05) is 89.8 Å². The highest BCUT2D eigenvalue weighted by Gasteiger charge is 2.41. The molecule has 6 atom stereocenters. The van der Waals surface area contributed by atoms with Gasteiger partial charge in [0, 0.05) is 51.6 Å². The van der Waals surface area contributed by atoms with E-state index in [0.29, 0.717) is 33.4 Å². The van der Waals surface area contributed by atoms with Gasteiger partial charge < -0.3 is 38.0 Å². The summed E-state index contributed by atoms with van der Waals surface area (Å²) in [6, 6.07) is 46.5. The fourth-order valence-electron chi connectivity index (χ4n) is 12.6. The van der Waals surface area contributed by atoms with Gasteiger partial charge in [0.05, 0.1) is 58.6 Å². The summed E-state index contributed by atoms with van der Waals surface area (Å²) in [7, 11) is -13.3. The molecular weight excluding hydrogens is 1480 g/mol. The molecule has 0 saturated heterocycles. The van der Waals surface area contributed by atoms with Crippen LogP contribution in [0.15, 0.2) is 199 Å². The number of rotatable bonds is 50. The van der Waals surface area contributed by atoms with Gasteiger partial charge in [-0.2, -0.15) is 0 Å². The van der Waals surface area contributed by atoms with Gasteiger partial charge in [-0.3, -0.25) is 57.1 Å². The van der Waals surface area contributed by atoms with Crippen molar-refractivity contribution in [3.05, 3.63) is 238 Å². The number of esters is 6. The lowest BCUT2D eigenvalue weighted by Crippen LogP contribution is -2.50. The SMILES string of the molecule is CCOC(=O)[C@@H](Cc1ccccc1)NP(=O)(CCN(CCN(CCP(=O)(N[C@H](Cc1ccccc1)C(=O)OCC)N[C@H](Cc1ccccc1)C(=O)OCC)CP(=O)(N[C@H](Cc1ccccc1)C(=O)OCC)N[C@H](Cc1ccccc1)C(=O)OCC)CCn1cnc2c(=O)[nH]cnc21)N[C@H](Cc1ccccc1)C(=O)OCC. The molecule has 0 radical (unpaired) electrons. The number of carbonyl (C=O) groups is 6. The normalized spacial score (nSPS) is 13.5. The molecule has 0 fully saturated rings. The summed E-state index contributed by atoms with van der Waals surface area (Å²) in [6.45, 7) is 9.27. The topological polar surface area (TPSA) is 351 Å². The molecular formula is C80H105N12O16P3. The van der Waals surface area contributed by atoms with Gasteiger partial charge in [-0.1, -0.05) is 182 Å². The van der Waals surface area contributed by atoms with Crippen molar-refractivity contribution in [2.45, 2.75) is 123 Å². The summed E-state index contributed by atoms with van der Waals surface area (Å²) in [5.74, 6) is -4.44. The van der Waals surface area contributed by atoms with E-state index in [2.05, 4.69) is 45.5 Å². The van der Waals surface area contributed by atoms with E-state index in [4.69, 9.17) is 28.4 Å². The first-order valence-corrected chi connectivity index (χ1v) is 43.3. The average Bonchev–Trinajstić information content (AvgIpc) is 1.75. The molecule has 8 aromatic rings. The summed E-state index contributed by atoms with van der Waals surface area (Å²) in [6.07, 6.45) is 1.33. The van der Waals surface area contributed by atoms with Crippen molar-refractivity contribution in [1.29, 1.82) is 0 Å². The smallest absolute Gasteiger partial charge is 0.323 e. The summed E-state index contributed by atoms with van der Waals surface area (Å²) in [4.78, 5) is 115. The number of nitrogens with zero attached hydrogens (tertiary/aromatic N) is 5. The molecule has 111 heavy (non-hydrogen) atoms. The fraction of sp³-hybridized carbons (Fsp3) is 0.412. The van der Waals surface area contributed by atoms with Crippen LogP contribution in [0.4, 0.5) is 0 Å². The molecule has 0 aliphatic rings. The molecule has 7 N–H and O–H groups in total. The number of H-pyrrole nitrogens is 1. The molecule has 2 heterocycles. The quantitative estimate of drug-likeness (QED) is 0.0106. The summed E-state index contributed by atoms with van der Waals surface area (Å²) in [5, 5.41) is 19.1. The molecule has 596 valence electrons. The molecule has 31 heteroatoms. The molecule has 0 aliphatic heterocycles. The van der Waals surface area contributed by atoms with E-state index in [1.54, 1.807) is 148 Å². The van der Waals surface area contributed by atoms with Crippen molar-refractivity contribution < 1.29 is 70.9 Å². The molecule has 0 amide bonds. The number of hydrogen-bond donors (Lipinski definition) is 7. The van der Waals surface area contributed by atoms with E-state index in [9.17, 15) is 33.6 Å². The Morgan fingerprint density at radius 2 is 0.631 bits per heavy atom. The predicted molar refractivity (Wildman–Crippen MR) is 426 cm³/mol. The first-order valence-electron chi connectivity index (χ1n) is 37.7. The van der Waals surface area contributed by atoms with Gasteiger partial charge in [-0.15, -0.1) is 0 Å². The van der Waals surface area contributed by atoms with Crippen molar-refractivity contribution in [1.82, 2.24) is 59.8 Å². The maximum Gasteiger partial charge on any atom is 0.323 e. The lowest BCUT2D eigenvalue weighted by Gasteiger charge is -2.36. The minimum Gasteiger partial charge on any atom is -0.465 e. The van der Waals surface area contributed by atoms with Gasteiger partial charge in [-0.05, 0) is 113 Å². The number of hydrogen-bond acceptors (Lipinski definition) is 20. The molecule has 28 nitrogen and oxygen atoms in total. The minimum absolute atomic E-state index is 0.0111. The molecule has 8 rings (SSSR count). The van der Waals surface area contributed by atoms with Crippen LogP contribution in [-0.4, -0.2) is 192 Å². The molecule has 0 spiro atoms. The number of aromatic nitrogens is 4. The zero-order valence-corrected chi connectivity index (χ0v) is 66.6. The highest BCUT2D eigenvalue weighted by Crippen LogP contribution is 2.44. The number of fused-ring (bicyclic) bond motifs is 1. The van der Waals surface area contributed by atoms with Crippen molar-refractivity contribution in [2.75, 3.05) is 91.0 Å². The largest absolute Gasteiger partial charge is 0.465 e. The third-order valence-electron chi connectivity index (χ3n) is 18.0. The van der Waals surface area contributed by atoms with E-state index < -0.39 is 112 Å². The number of carbonyl (C=O) groups excluding carboxylic acids is 6. The highest BCUT2D eigenvalue weighted by molar-refractivity contribution is 7.60. The Morgan fingerprint density at radius 1 is 0.369 bits per heavy atom. The van der Waals surface area contributed by atoms with E-state index in [-0.39, 0.29) is 135 Å². The Morgan fingerprint density at radius 3 is 0.910 bits per heavy atom. The van der Waals surface area contributed by atoms with Crippen molar-refractivity contribution in [2.24, 2.45) is 0 Å². The van der Waals surface area contributed by atoms with Crippen LogP contribution in [0.5, 0.6) is 0 Å². The van der Waals surface area contributed by atoms with Crippen LogP contribution in [0.2, 0.25) is 0 Å². The van der Waals surface area contributed by atoms with Gasteiger partial charge in [0.2, 0.25) is 22.3 Å². The van der Waals surface area contributed by atoms with Crippen LogP contribution >= 0.6 is 22.3 Å². The lowest BCUT2D eigenvalue weighted by atomic mass is 10.1. The van der Waals surface area contributed by atoms with E-state index in [1.165, 1.54) is 12.7 Å². The zero-order valence-electron chi connectivity index (χ0n) is 63.9. The molecule has 0 aliphatic carbocycles. The van der Waals surface area contributed by atoms with Crippen molar-refractivity contribution in [3.8, 4) is 0 Å². The Kier molecular flexibility index (Phi) is 35.8. The second-order valence-corrected chi connectivity index (χ2v) is 33.5. The first kappa shape index (κ1) is 87.4. The van der Waals surface area contributed by atoms with Crippen LogP contribution < -0.4 is 36.1 Å². The number of nitrogens with one attached hydrogen (secondary N) is 7. The molecule has 2 aromatic heterocycles. The van der Waals surface area contributed by atoms with Gasteiger partial charge in [-0.25, -0.2) is 40.5 Å². The highest BCUT2D eigenvalue weighted by atomic mass is 31.2. The van der Waals surface area contributed by atoms with E-state index >= 15 is 13.7 Å². The molecule has 0 unspecified atom stereocenters. The third kappa shape index (κ3) is 28.8. The Bertz CT molecular complexity index is 4200. The summed E-state index contributed by atoms with van der Waals surface area (Å²) in [5.41, 5.74) is 3.94. The Labute approximate surface area is 649 Å². The van der Waals surface area contributed by atoms with Crippen molar-refractivity contribution in [3.63, 3.8) is 0 Å². The van der Waals surface area contributed by atoms with Gasteiger partial charge in [0.15, 0.2) is 11.2 Å². The van der Waals surface area contributed by atoms with Crippen LogP contribution in [-0.2, 0) is 116 Å². The average molecular weight is 1580 g/mol. The van der Waals surface area contributed by atoms with Crippen LogP contribution in [0.3, 0.4) is 0 Å². The lowest BCUT2D eigenvalue weighted by molar-refractivity contribution is -0.146. The first-order chi connectivity index (χ1) is 53.7. The number of ether oxygens (including phenoxy) is 6. The van der Waals surface area contributed by atoms with Gasteiger partial charge in [0.1, 0.15) is 36.3 Å². The minimum atomic E-state index is -4.58. The molecule has 0 bridgehead atoms. The van der Waals surface area contributed by atoms with Gasteiger partial charge >= 0.3 is 35.8 Å². The van der Waals surface area contributed by atoms with Crippen LogP contribution in [0.1, 0.15) is 74.9 Å². The Hall–Kier alpha value is -9.14. The maximum atomic E-state index is 17.2. The number of benzene rings is 6.